The third kappa shape index (κ3) is 2.48. The summed E-state index contributed by atoms with van der Waals surface area (Å²) in [6, 6.07) is 11.1. The average molecular weight is 350 g/mol. The van der Waals surface area contributed by atoms with E-state index in [-0.39, 0.29) is 11.7 Å². The second kappa shape index (κ2) is 6.18. The van der Waals surface area contributed by atoms with Gasteiger partial charge in [-0.15, -0.1) is 0 Å². The van der Waals surface area contributed by atoms with E-state index in [0.29, 0.717) is 18.0 Å². The summed E-state index contributed by atoms with van der Waals surface area (Å²) < 4.78 is 12.2. The fourth-order valence-corrected chi connectivity index (χ4v) is 3.04. The van der Waals surface area contributed by atoms with Crippen LogP contribution in [0, 0.1) is 0 Å². The molecular formula is C19H18N4O3. The van der Waals surface area contributed by atoms with Gasteiger partial charge in [-0.3, -0.25) is 9.69 Å². The maximum Gasteiger partial charge on any atom is 0.295 e. The lowest BCUT2D eigenvalue weighted by molar-refractivity contribution is 0.0961. The van der Waals surface area contributed by atoms with Crippen LogP contribution in [0.25, 0.3) is 21.9 Å². The van der Waals surface area contributed by atoms with E-state index in [1.807, 2.05) is 38.2 Å². The Bertz CT molecular complexity index is 1100. The van der Waals surface area contributed by atoms with Gasteiger partial charge in [-0.1, -0.05) is 0 Å². The second-order valence-corrected chi connectivity index (χ2v) is 5.89. The predicted molar refractivity (Wildman–Crippen MR) is 98.6 cm³/mol. The number of fused-ring (bicyclic) bond motifs is 2. The molecule has 0 bridgehead atoms. The van der Waals surface area contributed by atoms with E-state index in [9.17, 15) is 4.79 Å². The summed E-state index contributed by atoms with van der Waals surface area (Å²) in [4.78, 5) is 19.1. The minimum absolute atomic E-state index is 0.229. The maximum atomic E-state index is 12.8. The Morgan fingerprint density at radius 1 is 1.31 bits per heavy atom. The Kier molecular flexibility index (Phi) is 3.84. The van der Waals surface area contributed by atoms with E-state index in [2.05, 4.69) is 5.10 Å². The Labute approximate surface area is 149 Å². The average Bonchev–Trinajstić information content (AvgIpc) is 3.29. The van der Waals surface area contributed by atoms with Crippen LogP contribution in [0.3, 0.4) is 0 Å². The zero-order valence-electron chi connectivity index (χ0n) is 14.8. The largest absolute Gasteiger partial charge is 0.497 e. The Balaban J connectivity index is 1.89. The number of ether oxygens (including phenoxy) is 1. The van der Waals surface area contributed by atoms with Crippen molar-refractivity contribution in [1.82, 2.24) is 14.8 Å². The molecule has 3 aromatic heterocycles. The van der Waals surface area contributed by atoms with Crippen molar-refractivity contribution in [1.29, 1.82) is 0 Å². The van der Waals surface area contributed by atoms with Gasteiger partial charge in [-0.2, -0.15) is 5.10 Å². The first-order chi connectivity index (χ1) is 12.6. The van der Waals surface area contributed by atoms with Gasteiger partial charge in [0.2, 0.25) is 0 Å². The van der Waals surface area contributed by atoms with Crippen molar-refractivity contribution in [3.05, 3.63) is 48.4 Å². The molecule has 26 heavy (non-hydrogen) atoms. The summed E-state index contributed by atoms with van der Waals surface area (Å²) in [7, 11) is 3.44. The lowest BCUT2D eigenvalue weighted by atomic mass is 10.1. The number of hydrogen-bond donors (Lipinski definition) is 0. The number of methoxy groups -OCH3 is 1. The Morgan fingerprint density at radius 3 is 2.85 bits per heavy atom. The van der Waals surface area contributed by atoms with Crippen LogP contribution >= 0.6 is 0 Å². The molecule has 0 N–H and O–H groups in total. The number of furan rings is 1. The van der Waals surface area contributed by atoms with Gasteiger partial charge in [0, 0.05) is 25.0 Å². The molecule has 0 atom stereocenters. The standard InChI is InChI=1S/C19H18N4O3/c1-4-23(19(24)16-6-5-9-26-16)18-14-10-12-7-8-13(25-3)11-15(12)20-17(14)22(2)21-18/h5-11H,4H2,1-3H3. The highest BCUT2D eigenvalue weighted by Gasteiger charge is 2.24. The van der Waals surface area contributed by atoms with E-state index in [1.54, 1.807) is 28.8 Å². The van der Waals surface area contributed by atoms with E-state index in [1.165, 1.54) is 6.26 Å². The highest BCUT2D eigenvalue weighted by Crippen LogP contribution is 2.30. The molecule has 0 spiro atoms. The van der Waals surface area contributed by atoms with Crippen molar-refractivity contribution in [2.45, 2.75) is 6.92 Å². The van der Waals surface area contributed by atoms with Gasteiger partial charge in [-0.05, 0) is 37.3 Å². The zero-order chi connectivity index (χ0) is 18.3. The zero-order valence-corrected chi connectivity index (χ0v) is 14.8. The number of nitrogens with zero attached hydrogens (tertiary/aromatic N) is 4. The fourth-order valence-electron chi connectivity index (χ4n) is 3.04. The van der Waals surface area contributed by atoms with Crippen molar-refractivity contribution in [3.63, 3.8) is 0 Å². The summed E-state index contributed by atoms with van der Waals surface area (Å²) in [5.74, 6) is 1.36. The van der Waals surface area contributed by atoms with Gasteiger partial charge in [-0.25, -0.2) is 9.67 Å². The van der Waals surface area contributed by atoms with Gasteiger partial charge in [0.15, 0.2) is 17.2 Å². The Hall–Kier alpha value is -3.35. The number of aryl methyl sites for hydroxylation is 1. The normalized spacial score (nSPS) is 11.2. The van der Waals surface area contributed by atoms with E-state index < -0.39 is 0 Å². The summed E-state index contributed by atoms with van der Waals surface area (Å²) >= 11 is 0. The van der Waals surface area contributed by atoms with Crippen molar-refractivity contribution in [2.75, 3.05) is 18.6 Å². The number of anilines is 1. The molecule has 0 fully saturated rings. The number of hydrogen-bond acceptors (Lipinski definition) is 5. The molecule has 0 unspecified atom stereocenters. The third-order valence-corrected chi connectivity index (χ3v) is 4.35. The SMILES string of the molecule is CCN(C(=O)c1ccco1)c1nn(C)c2nc3cc(OC)ccc3cc12. The number of rotatable bonds is 4. The van der Waals surface area contributed by atoms with E-state index in [0.717, 1.165) is 22.0 Å². The molecule has 3 heterocycles. The van der Waals surface area contributed by atoms with Crippen LogP contribution in [0.1, 0.15) is 17.5 Å². The molecule has 1 amide bonds. The topological polar surface area (TPSA) is 73.4 Å². The molecule has 0 radical (unpaired) electrons. The number of carbonyl (C=O) groups excluding carboxylic acids is 1. The molecule has 0 aliphatic carbocycles. The minimum Gasteiger partial charge on any atom is -0.497 e. The van der Waals surface area contributed by atoms with Gasteiger partial charge >= 0.3 is 0 Å². The van der Waals surface area contributed by atoms with Gasteiger partial charge < -0.3 is 9.15 Å². The molecule has 4 aromatic rings. The van der Waals surface area contributed by atoms with E-state index in [4.69, 9.17) is 14.1 Å². The molecule has 0 aliphatic heterocycles. The van der Waals surface area contributed by atoms with Crippen LogP contribution in [0.4, 0.5) is 5.82 Å². The minimum atomic E-state index is -0.229. The second-order valence-electron chi connectivity index (χ2n) is 5.89. The first-order valence-electron chi connectivity index (χ1n) is 8.29. The number of pyridine rings is 1. The molecule has 7 nitrogen and oxygen atoms in total. The van der Waals surface area contributed by atoms with Crippen LogP contribution in [-0.2, 0) is 7.05 Å². The third-order valence-electron chi connectivity index (χ3n) is 4.35. The van der Waals surface area contributed by atoms with Crippen LogP contribution in [0.15, 0.2) is 47.1 Å². The molecule has 132 valence electrons. The summed E-state index contributed by atoms with van der Waals surface area (Å²) in [6.07, 6.45) is 1.49. The number of benzene rings is 1. The quantitative estimate of drug-likeness (QED) is 0.564. The summed E-state index contributed by atoms with van der Waals surface area (Å²) in [6.45, 7) is 2.37. The van der Waals surface area contributed by atoms with Gasteiger partial charge in [0.05, 0.1) is 24.3 Å². The first kappa shape index (κ1) is 16.1. The molecule has 1 aromatic carbocycles. The van der Waals surface area contributed by atoms with Crippen LogP contribution in [0.2, 0.25) is 0 Å². The molecule has 4 rings (SSSR count). The van der Waals surface area contributed by atoms with Crippen LogP contribution in [0.5, 0.6) is 5.75 Å². The molecule has 0 aliphatic rings. The highest BCUT2D eigenvalue weighted by molar-refractivity contribution is 6.09. The van der Waals surface area contributed by atoms with Crippen molar-refractivity contribution in [3.8, 4) is 5.75 Å². The number of aromatic nitrogens is 3. The van der Waals surface area contributed by atoms with Gasteiger partial charge in [0.25, 0.3) is 5.91 Å². The van der Waals surface area contributed by atoms with Gasteiger partial charge in [0.1, 0.15) is 5.75 Å². The van der Waals surface area contributed by atoms with Crippen molar-refractivity contribution in [2.24, 2.45) is 7.05 Å². The molecule has 7 heteroatoms. The molecular weight excluding hydrogens is 332 g/mol. The van der Waals surface area contributed by atoms with Crippen molar-refractivity contribution < 1.29 is 13.9 Å². The Morgan fingerprint density at radius 2 is 2.15 bits per heavy atom. The van der Waals surface area contributed by atoms with E-state index >= 15 is 0 Å². The molecule has 0 saturated heterocycles. The maximum absolute atomic E-state index is 12.8. The monoisotopic (exact) mass is 350 g/mol. The van der Waals surface area contributed by atoms with Crippen LogP contribution < -0.4 is 9.64 Å². The summed E-state index contributed by atoms with van der Waals surface area (Å²) in [5.41, 5.74) is 1.51. The smallest absolute Gasteiger partial charge is 0.295 e. The number of amides is 1. The highest BCUT2D eigenvalue weighted by atomic mass is 16.5. The van der Waals surface area contributed by atoms with Crippen molar-refractivity contribution >= 4 is 33.7 Å². The molecule has 0 saturated carbocycles. The van der Waals surface area contributed by atoms with Crippen LogP contribution in [-0.4, -0.2) is 34.3 Å². The first-order valence-corrected chi connectivity index (χ1v) is 8.29. The predicted octanol–water partition coefficient (Wildman–Crippen LogP) is 3.39. The lowest BCUT2D eigenvalue weighted by Crippen LogP contribution is -2.31. The summed E-state index contributed by atoms with van der Waals surface area (Å²) in [5, 5.41) is 6.31. The lowest BCUT2D eigenvalue weighted by Gasteiger charge is -2.17. The number of carbonyl (C=O) groups is 1. The fraction of sp³-hybridized carbons (Fsp3) is 0.211.